The Hall–Kier alpha value is -6.50. The summed E-state index contributed by atoms with van der Waals surface area (Å²) in [5.74, 6) is -4.58. The fraction of sp³-hybridized carbons (Fsp3) is 0.234. The highest BCUT2D eigenvalue weighted by Gasteiger charge is 2.71. The number of methoxy groups -OCH3 is 2. The van der Waals surface area contributed by atoms with Crippen LogP contribution in [0.5, 0.6) is 11.5 Å². The number of nitrogens with zero attached hydrogens (tertiary/aromatic N) is 2. The van der Waals surface area contributed by atoms with Gasteiger partial charge < -0.3 is 19.0 Å². The lowest BCUT2D eigenvalue weighted by Gasteiger charge is -2.49. The minimum Gasteiger partial charge on any atom is -0.497 e. The number of rotatable bonds is 10. The molecule has 4 aliphatic rings. The molecule has 4 aromatic carbocycles. The Kier molecular flexibility index (Phi) is 9.92. The van der Waals surface area contributed by atoms with Crippen LogP contribution in [0.2, 0.25) is 5.02 Å². The summed E-state index contributed by atoms with van der Waals surface area (Å²) in [5.41, 5.74) is 4.89. The maximum absolute atomic E-state index is 15.2. The van der Waals surface area contributed by atoms with Gasteiger partial charge >= 0.3 is 0 Å². The lowest BCUT2D eigenvalue weighted by atomic mass is 9.50. The van der Waals surface area contributed by atoms with E-state index in [9.17, 15) is 23.9 Å². The smallest absolute Gasteiger partial charge is 0.260 e. The molecule has 11 nitrogen and oxygen atoms in total. The van der Waals surface area contributed by atoms with E-state index in [1.807, 2.05) is 48.6 Å². The van der Waals surface area contributed by atoms with E-state index in [0.717, 1.165) is 16.1 Å². The monoisotopic (exact) mass is 827 g/mol. The van der Waals surface area contributed by atoms with Gasteiger partial charge in [0.1, 0.15) is 40.9 Å². The van der Waals surface area contributed by atoms with Crippen molar-refractivity contribution in [2.45, 2.75) is 30.8 Å². The first-order valence-electron chi connectivity index (χ1n) is 19.5. The van der Waals surface area contributed by atoms with E-state index in [-0.39, 0.29) is 24.5 Å². The van der Waals surface area contributed by atoms with Crippen molar-refractivity contribution in [2.24, 2.45) is 23.7 Å². The van der Waals surface area contributed by atoms with Gasteiger partial charge in [0.25, 0.3) is 11.8 Å². The molecule has 13 heteroatoms. The third-order valence-corrected chi connectivity index (χ3v) is 12.7. The van der Waals surface area contributed by atoms with Crippen molar-refractivity contribution < 1.29 is 42.6 Å². The number of aliphatic hydroxyl groups is 1. The summed E-state index contributed by atoms with van der Waals surface area (Å²) in [7, 11) is 3.18. The molecule has 9 rings (SSSR count). The highest BCUT2D eigenvalue weighted by molar-refractivity contribution is 6.30. The first-order chi connectivity index (χ1) is 29.1. The molecule has 0 spiro atoms. The number of carbonyl (C=O) groups excluding carboxylic acids is 4. The van der Waals surface area contributed by atoms with Gasteiger partial charge in [-0.15, -0.1) is 0 Å². The molecule has 0 radical (unpaired) electrons. The van der Waals surface area contributed by atoms with Gasteiger partial charge in [0.2, 0.25) is 11.8 Å². The zero-order valence-electron chi connectivity index (χ0n) is 32.5. The maximum Gasteiger partial charge on any atom is 0.260 e. The Labute approximate surface area is 349 Å². The van der Waals surface area contributed by atoms with Crippen molar-refractivity contribution in [1.82, 2.24) is 5.01 Å². The number of furan rings is 1. The summed E-state index contributed by atoms with van der Waals surface area (Å²) in [4.78, 5) is 60.3. The molecule has 2 aliphatic heterocycles. The molecule has 6 unspecified atom stereocenters. The van der Waals surface area contributed by atoms with E-state index in [1.54, 1.807) is 62.8 Å². The van der Waals surface area contributed by atoms with Gasteiger partial charge in [0.05, 0.1) is 49.3 Å². The minimum atomic E-state index is -1.60. The van der Waals surface area contributed by atoms with E-state index in [2.05, 4.69) is 5.43 Å². The van der Waals surface area contributed by atoms with Crippen molar-refractivity contribution in [3.8, 4) is 11.5 Å². The molecule has 2 N–H and O–H groups in total. The van der Waals surface area contributed by atoms with E-state index < -0.39 is 65.2 Å². The number of hydrazine groups is 1. The number of fused-ring (bicyclic) bond motifs is 4. The molecule has 1 saturated carbocycles. The summed E-state index contributed by atoms with van der Waals surface area (Å²) >= 11 is 6.37. The molecule has 3 fully saturated rings. The fourth-order valence-corrected chi connectivity index (χ4v) is 9.87. The number of hydrogen-bond donors (Lipinski definition) is 2. The molecule has 60 heavy (non-hydrogen) atoms. The van der Waals surface area contributed by atoms with Crippen LogP contribution in [-0.2, 0) is 31.2 Å². The van der Waals surface area contributed by atoms with Gasteiger partial charge in [-0.25, -0.2) is 4.39 Å². The number of allylic oxidation sites excluding steroid dienone is 2. The number of halogens is 2. The molecular weight excluding hydrogens is 789 g/mol. The van der Waals surface area contributed by atoms with Crippen LogP contribution in [0.1, 0.15) is 47.0 Å². The van der Waals surface area contributed by atoms with E-state index in [0.29, 0.717) is 44.8 Å². The van der Waals surface area contributed by atoms with Crippen molar-refractivity contribution in [3.05, 3.63) is 154 Å². The summed E-state index contributed by atoms with van der Waals surface area (Å²) in [6.07, 6.45) is 5.99. The maximum atomic E-state index is 15.2. The lowest BCUT2D eigenvalue weighted by molar-refractivity contribution is -0.138. The molecule has 5 aromatic rings. The van der Waals surface area contributed by atoms with Crippen molar-refractivity contribution in [1.29, 1.82) is 0 Å². The van der Waals surface area contributed by atoms with Crippen molar-refractivity contribution in [3.63, 3.8) is 0 Å². The predicted octanol–water partition coefficient (Wildman–Crippen LogP) is 7.94. The highest BCUT2D eigenvalue weighted by Crippen LogP contribution is 2.64. The van der Waals surface area contributed by atoms with Gasteiger partial charge in [-0.2, -0.15) is 5.01 Å². The van der Waals surface area contributed by atoms with Gasteiger partial charge in [0.15, 0.2) is 0 Å². The van der Waals surface area contributed by atoms with Gasteiger partial charge in [-0.3, -0.25) is 29.5 Å². The molecular formula is C47H39ClFN3O8. The van der Waals surface area contributed by atoms with Crippen LogP contribution < -0.4 is 19.8 Å². The van der Waals surface area contributed by atoms with Crippen LogP contribution in [0.3, 0.4) is 0 Å². The summed E-state index contributed by atoms with van der Waals surface area (Å²) in [6, 6.07) is 27.9. The number of ether oxygens (including phenoxy) is 2. The molecule has 0 bridgehead atoms. The Morgan fingerprint density at radius 1 is 0.867 bits per heavy atom. The second kappa shape index (κ2) is 15.3. The zero-order valence-corrected chi connectivity index (χ0v) is 33.3. The van der Waals surface area contributed by atoms with Gasteiger partial charge in [0, 0.05) is 10.6 Å². The first-order valence-corrected chi connectivity index (χ1v) is 19.9. The summed E-state index contributed by atoms with van der Waals surface area (Å²) in [6.45, 7) is -0.409. The molecule has 2 saturated heterocycles. The lowest BCUT2D eigenvalue weighted by Crippen LogP contribution is -2.53. The number of carbonyl (C=O) groups is 4. The topological polar surface area (TPSA) is 139 Å². The second-order valence-electron chi connectivity index (χ2n) is 15.4. The molecule has 304 valence electrons. The Morgan fingerprint density at radius 3 is 2.30 bits per heavy atom. The van der Waals surface area contributed by atoms with Crippen LogP contribution in [0.15, 0.2) is 119 Å². The van der Waals surface area contributed by atoms with Crippen molar-refractivity contribution in [2.75, 3.05) is 24.5 Å². The molecule has 2 aliphatic carbocycles. The second-order valence-corrected chi connectivity index (χ2v) is 15.8. The zero-order chi connectivity index (χ0) is 41.9. The quantitative estimate of drug-likeness (QED) is 0.0817. The van der Waals surface area contributed by atoms with Gasteiger partial charge in [-0.05, 0) is 109 Å². The number of hydrogen-bond acceptors (Lipinski definition) is 9. The average Bonchev–Trinajstić information content (AvgIpc) is 3.91. The third kappa shape index (κ3) is 6.20. The Morgan fingerprint density at radius 2 is 1.62 bits per heavy atom. The SMILES string of the molecule is COc1ccc(OC)c(C=Cc2ccc(N3C(=O)C4CC=C5C(CC6C(=O)N(Nc7ccc(F)cc7)C(=O)C6(c6ccc(Cl)cc6)C5c5ccc(CO)o5)C4C3=O)cc2)c1. The Balaban J connectivity index is 1.10. The average molecular weight is 828 g/mol. The van der Waals surface area contributed by atoms with Crippen LogP contribution in [-0.4, -0.2) is 48.0 Å². The van der Waals surface area contributed by atoms with Crippen LogP contribution >= 0.6 is 11.6 Å². The largest absolute Gasteiger partial charge is 0.497 e. The summed E-state index contributed by atoms with van der Waals surface area (Å²) in [5, 5.41) is 11.5. The van der Waals surface area contributed by atoms with E-state index in [1.165, 1.54) is 29.2 Å². The van der Waals surface area contributed by atoms with E-state index in [4.69, 9.17) is 25.5 Å². The molecule has 3 heterocycles. The highest BCUT2D eigenvalue weighted by atomic mass is 35.5. The number of amides is 4. The number of nitrogens with one attached hydrogen (secondary N) is 1. The number of imide groups is 2. The first kappa shape index (κ1) is 39.0. The normalized spacial score (nSPS) is 24.7. The number of anilines is 2. The standard InChI is InChI=1S/C47H39ClFN3O8/c1-58-33-17-21-39(59-2)27(23-33)6-3-26-4-15-32(16-5-26)51-43(54)36-20-19-35-37(41(36)45(51)56)24-38-44(55)52(50-31-13-11-30(49)12-14-31)46(57)47(38,28-7-9-29(48)10-8-28)42(35)40-22-18-34(25-53)60-40/h3-19,21-23,36-38,41-42,50,53H,20,24-25H2,1-2H3. The van der Waals surface area contributed by atoms with Crippen LogP contribution in [0.25, 0.3) is 12.2 Å². The minimum absolute atomic E-state index is 0.0657. The Bertz CT molecular complexity index is 2590. The number of aliphatic hydroxyl groups excluding tert-OH is 1. The third-order valence-electron chi connectivity index (χ3n) is 12.4. The summed E-state index contributed by atoms with van der Waals surface area (Å²) < 4.78 is 31.0. The van der Waals surface area contributed by atoms with Crippen LogP contribution in [0, 0.1) is 29.5 Å². The predicted molar refractivity (Wildman–Crippen MR) is 221 cm³/mol. The van der Waals surface area contributed by atoms with Crippen LogP contribution in [0.4, 0.5) is 15.8 Å². The molecule has 1 aromatic heterocycles. The molecule has 6 atom stereocenters. The molecule has 4 amide bonds. The number of benzene rings is 4. The van der Waals surface area contributed by atoms with Crippen molar-refractivity contribution >= 4 is 58.8 Å². The fourth-order valence-electron chi connectivity index (χ4n) is 9.74. The van der Waals surface area contributed by atoms with E-state index >= 15 is 4.79 Å². The van der Waals surface area contributed by atoms with Gasteiger partial charge in [-0.1, -0.05) is 59.7 Å².